The second-order valence-corrected chi connectivity index (χ2v) is 6.20. The number of benzene rings is 1. The van der Waals surface area contributed by atoms with Gasteiger partial charge in [-0.3, -0.25) is 9.36 Å². The quantitative estimate of drug-likeness (QED) is 0.850. The Labute approximate surface area is 141 Å². The summed E-state index contributed by atoms with van der Waals surface area (Å²) in [5.74, 6) is -2.28. The number of halogens is 4. The van der Waals surface area contributed by atoms with E-state index in [9.17, 15) is 22.4 Å². The van der Waals surface area contributed by atoms with E-state index in [0.29, 0.717) is 18.5 Å². The highest BCUT2D eigenvalue weighted by molar-refractivity contribution is 5.93. The molecule has 4 nitrogen and oxygen atoms in total. The number of nitrogens with zero attached hydrogens (tertiary/aromatic N) is 2. The van der Waals surface area contributed by atoms with Gasteiger partial charge in [-0.15, -0.1) is 0 Å². The van der Waals surface area contributed by atoms with Crippen LogP contribution < -0.4 is 5.32 Å². The van der Waals surface area contributed by atoms with E-state index in [1.165, 1.54) is 41.4 Å². The lowest BCUT2D eigenvalue weighted by Crippen LogP contribution is -2.42. The smallest absolute Gasteiger partial charge is 0.348 e. The molecule has 2 atom stereocenters. The molecule has 1 fully saturated rings. The lowest BCUT2D eigenvalue weighted by atomic mass is 9.85. The van der Waals surface area contributed by atoms with Crippen molar-refractivity contribution in [3.63, 3.8) is 0 Å². The Morgan fingerprint density at radius 2 is 1.92 bits per heavy atom. The summed E-state index contributed by atoms with van der Waals surface area (Å²) in [6.07, 6.45) is -0.567. The van der Waals surface area contributed by atoms with Gasteiger partial charge < -0.3 is 5.32 Å². The topological polar surface area (TPSA) is 46.9 Å². The Balaban J connectivity index is 1.72. The summed E-state index contributed by atoms with van der Waals surface area (Å²) >= 11 is 0. The van der Waals surface area contributed by atoms with Crippen molar-refractivity contribution in [2.45, 2.75) is 37.9 Å². The third kappa shape index (κ3) is 4.00. The van der Waals surface area contributed by atoms with Gasteiger partial charge in [-0.05, 0) is 43.5 Å². The predicted octanol–water partition coefficient (Wildman–Crippen LogP) is 3.86. The van der Waals surface area contributed by atoms with Gasteiger partial charge in [-0.25, -0.2) is 9.37 Å². The number of carbonyl (C=O) groups is 1. The summed E-state index contributed by atoms with van der Waals surface area (Å²) < 4.78 is 53.2. The van der Waals surface area contributed by atoms with Gasteiger partial charge in [0.05, 0.1) is 18.4 Å². The summed E-state index contributed by atoms with van der Waals surface area (Å²) in [7, 11) is 0. The van der Waals surface area contributed by atoms with Crippen molar-refractivity contribution < 1.29 is 22.4 Å². The van der Waals surface area contributed by atoms with E-state index in [1.54, 1.807) is 0 Å². The van der Waals surface area contributed by atoms with Gasteiger partial charge in [0.1, 0.15) is 11.5 Å². The van der Waals surface area contributed by atoms with E-state index in [1.807, 2.05) is 0 Å². The molecule has 1 N–H and O–H groups in total. The predicted molar refractivity (Wildman–Crippen MR) is 82.8 cm³/mol. The summed E-state index contributed by atoms with van der Waals surface area (Å²) in [4.78, 5) is 16.4. The maximum absolute atomic E-state index is 13.0. The maximum Gasteiger partial charge on any atom is 0.391 e. The van der Waals surface area contributed by atoms with Crippen molar-refractivity contribution in [1.82, 2.24) is 14.9 Å². The van der Waals surface area contributed by atoms with E-state index in [4.69, 9.17) is 0 Å². The zero-order valence-electron chi connectivity index (χ0n) is 13.3. The van der Waals surface area contributed by atoms with Crippen molar-refractivity contribution in [3.8, 4) is 5.69 Å². The molecule has 1 amide bonds. The van der Waals surface area contributed by atoms with Crippen LogP contribution in [0.2, 0.25) is 0 Å². The molecule has 0 aliphatic heterocycles. The molecular formula is C17H17F4N3O. The molecule has 1 aromatic carbocycles. The van der Waals surface area contributed by atoms with Crippen LogP contribution in [0.15, 0.2) is 36.8 Å². The minimum Gasteiger partial charge on any atom is -0.348 e. The van der Waals surface area contributed by atoms with Gasteiger partial charge in [0.25, 0.3) is 5.91 Å². The lowest BCUT2D eigenvalue weighted by Gasteiger charge is -2.31. The number of imidazole rings is 1. The van der Waals surface area contributed by atoms with Gasteiger partial charge in [-0.1, -0.05) is 6.42 Å². The molecule has 1 heterocycles. The highest BCUT2D eigenvalue weighted by Crippen LogP contribution is 2.37. The minimum absolute atomic E-state index is 0.101. The average Bonchev–Trinajstić information content (AvgIpc) is 3.05. The molecule has 0 saturated heterocycles. The third-order valence-corrected chi connectivity index (χ3v) is 4.45. The van der Waals surface area contributed by atoms with Crippen LogP contribution in [0.25, 0.3) is 5.69 Å². The number of nitrogens with one attached hydrogen (secondary N) is 1. The van der Waals surface area contributed by atoms with E-state index in [-0.39, 0.29) is 18.5 Å². The standard InChI is InChI=1S/C17H17F4N3O/c18-12-4-6-14(7-5-12)24-10-22-9-15(24)16(25)23-13-3-1-2-11(8-13)17(19,20)21/h4-7,9-11,13H,1-3,8H2,(H,23,25)/t11-,13+/m0/s1. The highest BCUT2D eigenvalue weighted by atomic mass is 19.4. The fourth-order valence-corrected chi connectivity index (χ4v) is 3.15. The number of amides is 1. The van der Waals surface area contributed by atoms with Crippen molar-refractivity contribution in [2.24, 2.45) is 5.92 Å². The number of carbonyl (C=O) groups excluding carboxylic acids is 1. The summed E-state index contributed by atoms with van der Waals surface area (Å²) in [5, 5.41) is 2.67. The Morgan fingerprint density at radius 1 is 1.20 bits per heavy atom. The molecule has 0 unspecified atom stereocenters. The molecule has 2 aromatic rings. The van der Waals surface area contributed by atoms with E-state index in [2.05, 4.69) is 10.3 Å². The second kappa shape index (κ2) is 6.85. The molecule has 0 radical (unpaired) electrons. The molecule has 134 valence electrons. The van der Waals surface area contributed by atoms with Gasteiger partial charge in [0.15, 0.2) is 0 Å². The number of hydrogen-bond acceptors (Lipinski definition) is 2. The largest absolute Gasteiger partial charge is 0.391 e. The number of aromatic nitrogens is 2. The fourth-order valence-electron chi connectivity index (χ4n) is 3.15. The summed E-state index contributed by atoms with van der Waals surface area (Å²) in [5.41, 5.74) is 0.738. The van der Waals surface area contributed by atoms with Crippen LogP contribution >= 0.6 is 0 Å². The molecule has 1 saturated carbocycles. The number of rotatable bonds is 3. The van der Waals surface area contributed by atoms with Crippen LogP contribution in [0.1, 0.15) is 36.2 Å². The average molecular weight is 355 g/mol. The van der Waals surface area contributed by atoms with Crippen molar-refractivity contribution >= 4 is 5.91 Å². The zero-order valence-corrected chi connectivity index (χ0v) is 13.3. The molecule has 0 bridgehead atoms. The highest BCUT2D eigenvalue weighted by Gasteiger charge is 2.42. The molecule has 0 spiro atoms. The molecule has 1 aliphatic carbocycles. The first kappa shape index (κ1) is 17.4. The van der Waals surface area contributed by atoms with Crippen LogP contribution in [0.5, 0.6) is 0 Å². The van der Waals surface area contributed by atoms with Crippen LogP contribution in [0.4, 0.5) is 17.6 Å². The Morgan fingerprint density at radius 3 is 2.60 bits per heavy atom. The van der Waals surface area contributed by atoms with Crippen LogP contribution in [-0.4, -0.2) is 27.7 Å². The van der Waals surface area contributed by atoms with Crippen molar-refractivity contribution in [1.29, 1.82) is 0 Å². The summed E-state index contributed by atoms with van der Waals surface area (Å²) in [6, 6.07) is 4.98. The monoisotopic (exact) mass is 355 g/mol. The Hall–Kier alpha value is -2.38. The number of alkyl halides is 3. The Kier molecular flexibility index (Phi) is 4.78. The third-order valence-electron chi connectivity index (χ3n) is 4.45. The van der Waals surface area contributed by atoms with Gasteiger partial charge in [0, 0.05) is 11.7 Å². The first-order valence-electron chi connectivity index (χ1n) is 8.00. The van der Waals surface area contributed by atoms with E-state index < -0.39 is 29.9 Å². The van der Waals surface area contributed by atoms with Gasteiger partial charge in [0.2, 0.25) is 0 Å². The first-order chi connectivity index (χ1) is 11.8. The van der Waals surface area contributed by atoms with E-state index >= 15 is 0 Å². The molecule has 3 rings (SSSR count). The minimum atomic E-state index is -4.24. The molecular weight excluding hydrogens is 338 g/mol. The van der Waals surface area contributed by atoms with Crippen molar-refractivity contribution in [3.05, 3.63) is 48.3 Å². The first-order valence-corrected chi connectivity index (χ1v) is 8.00. The molecule has 8 heteroatoms. The van der Waals surface area contributed by atoms with Crippen LogP contribution in [0, 0.1) is 11.7 Å². The normalized spacial score (nSPS) is 21.1. The maximum atomic E-state index is 13.0. The van der Waals surface area contributed by atoms with E-state index in [0.717, 1.165) is 0 Å². The zero-order chi connectivity index (χ0) is 18.0. The second-order valence-electron chi connectivity index (χ2n) is 6.20. The fraction of sp³-hybridized carbons (Fsp3) is 0.412. The molecule has 1 aliphatic rings. The Bertz CT molecular complexity index is 739. The van der Waals surface area contributed by atoms with Crippen LogP contribution in [0.3, 0.4) is 0 Å². The van der Waals surface area contributed by atoms with Crippen molar-refractivity contribution in [2.75, 3.05) is 0 Å². The lowest BCUT2D eigenvalue weighted by molar-refractivity contribution is -0.183. The SMILES string of the molecule is O=C(N[C@@H]1CCC[C@H](C(F)(F)F)C1)c1cncn1-c1ccc(F)cc1. The molecule has 1 aromatic heterocycles. The summed E-state index contributed by atoms with van der Waals surface area (Å²) in [6.45, 7) is 0. The molecule has 25 heavy (non-hydrogen) atoms. The van der Waals surface area contributed by atoms with Crippen LogP contribution in [-0.2, 0) is 0 Å². The van der Waals surface area contributed by atoms with Gasteiger partial charge in [-0.2, -0.15) is 13.2 Å². The van der Waals surface area contributed by atoms with Gasteiger partial charge >= 0.3 is 6.18 Å². The number of hydrogen-bond donors (Lipinski definition) is 1.